The Bertz CT molecular complexity index is 607. The summed E-state index contributed by atoms with van der Waals surface area (Å²) in [5.74, 6) is 1.27. The van der Waals surface area contributed by atoms with E-state index in [9.17, 15) is 4.79 Å². The Balaban J connectivity index is 2.04. The smallest absolute Gasteiger partial charge is 0.251 e. The maximum atomic E-state index is 12.1. The third-order valence-corrected chi connectivity index (χ3v) is 2.68. The topological polar surface area (TPSA) is 80.0 Å². The fourth-order valence-corrected chi connectivity index (χ4v) is 1.85. The third kappa shape index (κ3) is 3.57. The lowest BCUT2D eigenvalue weighted by Gasteiger charge is -2.08. The second kappa shape index (κ2) is 6.18. The molecule has 0 saturated carbocycles. The van der Waals surface area contributed by atoms with Crippen molar-refractivity contribution in [2.24, 2.45) is 0 Å². The Kier molecular flexibility index (Phi) is 4.34. The van der Waals surface area contributed by atoms with Crippen LogP contribution in [0.5, 0.6) is 0 Å². The Labute approximate surface area is 117 Å². The van der Waals surface area contributed by atoms with E-state index in [2.05, 4.69) is 20.8 Å². The minimum atomic E-state index is -0.157. The van der Waals surface area contributed by atoms with Crippen molar-refractivity contribution in [2.75, 3.05) is 11.9 Å². The lowest BCUT2D eigenvalue weighted by molar-refractivity contribution is 0.0950. The molecule has 2 N–H and O–H groups in total. The number of nitrogens with one attached hydrogen (secondary N) is 2. The molecular weight excluding hydrogens is 256 g/mol. The number of rotatable bonds is 5. The monoisotopic (exact) mass is 274 g/mol. The Hall–Kier alpha value is -2.37. The Morgan fingerprint density at radius 1 is 1.30 bits per heavy atom. The largest absolute Gasteiger partial charge is 0.370 e. The summed E-state index contributed by atoms with van der Waals surface area (Å²) in [6.07, 6.45) is 0. The first-order valence-electron chi connectivity index (χ1n) is 6.51. The van der Waals surface area contributed by atoms with Crippen LogP contribution in [-0.2, 0) is 6.54 Å². The van der Waals surface area contributed by atoms with Gasteiger partial charge in [0.1, 0.15) is 17.3 Å². The number of anilines is 1. The molecule has 0 bridgehead atoms. The molecule has 20 heavy (non-hydrogen) atoms. The zero-order valence-corrected chi connectivity index (χ0v) is 11.9. The summed E-state index contributed by atoms with van der Waals surface area (Å²) in [5.41, 5.74) is 2.08. The summed E-state index contributed by atoms with van der Waals surface area (Å²) in [6.45, 7) is 6.76. The van der Waals surface area contributed by atoms with Gasteiger partial charge in [-0.1, -0.05) is 5.16 Å². The van der Waals surface area contributed by atoms with E-state index in [0.717, 1.165) is 18.0 Å². The highest BCUT2D eigenvalue weighted by molar-refractivity contribution is 5.94. The van der Waals surface area contributed by atoms with Crippen molar-refractivity contribution >= 4 is 11.7 Å². The van der Waals surface area contributed by atoms with Crippen LogP contribution < -0.4 is 10.6 Å². The third-order valence-electron chi connectivity index (χ3n) is 2.68. The minimum absolute atomic E-state index is 0.157. The fraction of sp³-hybridized carbons (Fsp3) is 0.357. The Morgan fingerprint density at radius 3 is 2.75 bits per heavy atom. The molecule has 1 amide bonds. The van der Waals surface area contributed by atoms with Crippen LogP contribution in [0.3, 0.4) is 0 Å². The molecule has 2 aromatic heterocycles. The van der Waals surface area contributed by atoms with E-state index >= 15 is 0 Å². The summed E-state index contributed by atoms with van der Waals surface area (Å²) < 4.78 is 4.95. The number of carbonyl (C=O) groups is 1. The highest BCUT2D eigenvalue weighted by Crippen LogP contribution is 2.10. The van der Waals surface area contributed by atoms with Gasteiger partial charge in [-0.15, -0.1) is 0 Å². The van der Waals surface area contributed by atoms with Gasteiger partial charge in [0, 0.05) is 23.9 Å². The highest BCUT2D eigenvalue weighted by Gasteiger charge is 2.09. The number of hydrogen-bond donors (Lipinski definition) is 2. The summed E-state index contributed by atoms with van der Waals surface area (Å²) in [7, 11) is 0. The average molecular weight is 274 g/mol. The molecule has 0 atom stereocenters. The van der Waals surface area contributed by atoms with Crippen LogP contribution in [0.25, 0.3) is 0 Å². The van der Waals surface area contributed by atoms with Gasteiger partial charge >= 0.3 is 0 Å². The SMILES string of the molecule is CCNc1cc(C(=O)NCc2cc(C)on2)cc(C)n1. The number of hydrogen-bond acceptors (Lipinski definition) is 5. The van der Waals surface area contributed by atoms with E-state index in [1.165, 1.54) is 0 Å². The van der Waals surface area contributed by atoms with E-state index in [1.54, 1.807) is 18.2 Å². The molecule has 0 aliphatic rings. The van der Waals surface area contributed by atoms with Gasteiger partial charge in [-0.2, -0.15) is 0 Å². The first-order chi connectivity index (χ1) is 9.58. The van der Waals surface area contributed by atoms with Gasteiger partial charge in [-0.3, -0.25) is 4.79 Å². The number of aromatic nitrogens is 2. The number of aryl methyl sites for hydroxylation is 2. The number of amides is 1. The summed E-state index contributed by atoms with van der Waals surface area (Å²) >= 11 is 0. The van der Waals surface area contributed by atoms with Crippen molar-refractivity contribution < 1.29 is 9.32 Å². The van der Waals surface area contributed by atoms with Crippen molar-refractivity contribution in [3.63, 3.8) is 0 Å². The van der Waals surface area contributed by atoms with Gasteiger partial charge < -0.3 is 15.2 Å². The molecule has 2 rings (SSSR count). The first kappa shape index (κ1) is 14.0. The van der Waals surface area contributed by atoms with E-state index in [-0.39, 0.29) is 5.91 Å². The molecule has 0 aliphatic carbocycles. The van der Waals surface area contributed by atoms with E-state index in [4.69, 9.17) is 4.52 Å². The lowest BCUT2D eigenvalue weighted by atomic mass is 10.2. The maximum absolute atomic E-state index is 12.1. The Morgan fingerprint density at radius 2 is 2.10 bits per heavy atom. The molecule has 2 heterocycles. The molecule has 0 unspecified atom stereocenters. The summed E-state index contributed by atoms with van der Waals surface area (Å²) in [4.78, 5) is 16.4. The van der Waals surface area contributed by atoms with Crippen molar-refractivity contribution in [1.82, 2.24) is 15.5 Å². The van der Waals surface area contributed by atoms with Crippen LogP contribution in [0.2, 0.25) is 0 Å². The van der Waals surface area contributed by atoms with Gasteiger partial charge in [0.15, 0.2) is 0 Å². The van der Waals surface area contributed by atoms with Gasteiger partial charge in [0.05, 0.1) is 6.54 Å². The molecule has 106 valence electrons. The molecule has 0 aliphatic heterocycles. The fourth-order valence-electron chi connectivity index (χ4n) is 1.85. The van der Waals surface area contributed by atoms with Gasteiger partial charge in [0.25, 0.3) is 5.91 Å². The minimum Gasteiger partial charge on any atom is -0.370 e. The van der Waals surface area contributed by atoms with Crippen molar-refractivity contribution in [2.45, 2.75) is 27.3 Å². The second-order valence-electron chi connectivity index (χ2n) is 4.52. The molecule has 0 fully saturated rings. The molecular formula is C14H18N4O2. The van der Waals surface area contributed by atoms with Gasteiger partial charge in [0.2, 0.25) is 0 Å². The number of pyridine rings is 1. The normalized spacial score (nSPS) is 10.3. The van der Waals surface area contributed by atoms with Crippen LogP contribution in [0, 0.1) is 13.8 Å². The quantitative estimate of drug-likeness (QED) is 0.872. The molecule has 0 aromatic carbocycles. The second-order valence-corrected chi connectivity index (χ2v) is 4.52. The molecule has 0 saturated heterocycles. The van der Waals surface area contributed by atoms with Crippen LogP contribution in [0.4, 0.5) is 5.82 Å². The summed E-state index contributed by atoms with van der Waals surface area (Å²) in [6, 6.07) is 5.28. The average Bonchev–Trinajstić information content (AvgIpc) is 2.81. The van der Waals surface area contributed by atoms with Gasteiger partial charge in [-0.25, -0.2) is 4.98 Å². The zero-order valence-electron chi connectivity index (χ0n) is 11.9. The molecule has 6 nitrogen and oxygen atoms in total. The maximum Gasteiger partial charge on any atom is 0.251 e. The summed E-state index contributed by atoms with van der Waals surface area (Å²) in [5, 5.41) is 9.74. The van der Waals surface area contributed by atoms with E-state index in [1.807, 2.05) is 20.8 Å². The van der Waals surface area contributed by atoms with Crippen LogP contribution in [0.1, 0.15) is 34.4 Å². The predicted octanol–water partition coefficient (Wildman–Crippen LogP) is 2.05. The molecule has 0 spiro atoms. The van der Waals surface area contributed by atoms with Crippen molar-refractivity contribution in [1.29, 1.82) is 0 Å². The molecule has 0 radical (unpaired) electrons. The predicted molar refractivity (Wildman–Crippen MR) is 75.5 cm³/mol. The van der Waals surface area contributed by atoms with E-state index < -0.39 is 0 Å². The lowest BCUT2D eigenvalue weighted by Crippen LogP contribution is -2.23. The molecule has 2 aromatic rings. The van der Waals surface area contributed by atoms with Crippen LogP contribution in [0.15, 0.2) is 22.7 Å². The van der Waals surface area contributed by atoms with Crippen molar-refractivity contribution in [3.8, 4) is 0 Å². The van der Waals surface area contributed by atoms with Crippen LogP contribution >= 0.6 is 0 Å². The zero-order chi connectivity index (χ0) is 14.5. The first-order valence-corrected chi connectivity index (χ1v) is 6.51. The highest BCUT2D eigenvalue weighted by atomic mass is 16.5. The number of carbonyl (C=O) groups excluding carboxylic acids is 1. The molecule has 6 heteroatoms. The standard InChI is InChI=1S/C14H18N4O2/c1-4-15-13-7-11(5-9(2)17-13)14(19)16-8-12-6-10(3)20-18-12/h5-7H,4,8H2,1-3H3,(H,15,17)(H,16,19). The van der Waals surface area contributed by atoms with E-state index in [0.29, 0.717) is 23.6 Å². The van der Waals surface area contributed by atoms with Crippen molar-refractivity contribution in [3.05, 3.63) is 40.9 Å². The van der Waals surface area contributed by atoms with Crippen LogP contribution in [-0.4, -0.2) is 22.6 Å². The van der Waals surface area contributed by atoms with Gasteiger partial charge in [-0.05, 0) is 32.9 Å². The number of nitrogens with zero attached hydrogens (tertiary/aromatic N) is 2.